The maximum atomic E-state index is 11.9. The second-order valence-electron chi connectivity index (χ2n) is 5.81. The molecule has 1 rings (SSSR count). The highest BCUT2D eigenvalue weighted by Crippen LogP contribution is 2.16. The topological polar surface area (TPSA) is 73.9 Å². The van der Waals surface area contributed by atoms with E-state index in [0.717, 1.165) is 5.56 Å². The highest BCUT2D eigenvalue weighted by Gasteiger charge is 2.16. The number of hydrogen-bond acceptors (Lipinski definition) is 5. The number of benzene rings is 1. The molecule has 1 N–H and O–H groups in total. The van der Waals surface area contributed by atoms with Crippen LogP contribution in [0, 0.1) is 0 Å². The fourth-order valence-corrected chi connectivity index (χ4v) is 1.78. The van der Waals surface area contributed by atoms with Crippen molar-refractivity contribution in [2.45, 2.75) is 32.9 Å². The SMILES string of the molecule is CO/C=C/c1ccc(CNC(=O)OC(C)(C)C)cc1C(=O)OC. The Bertz CT molecular complexity index is 587. The minimum absolute atomic E-state index is 0.243. The molecule has 0 aliphatic heterocycles. The summed E-state index contributed by atoms with van der Waals surface area (Å²) in [6.07, 6.45) is 2.62. The fraction of sp³-hybridized carbons (Fsp3) is 0.412. The molecule has 0 saturated heterocycles. The van der Waals surface area contributed by atoms with Crippen LogP contribution in [0.25, 0.3) is 6.08 Å². The van der Waals surface area contributed by atoms with Gasteiger partial charge in [0.25, 0.3) is 0 Å². The molecule has 0 atom stereocenters. The normalized spacial score (nSPS) is 11.2. The number of carbonyl (C=O) groups excluding carboxylic acids is 2. The molecule has 1 aromatic carbocycles. The van der Waals surface area contributed by atoms with E-state index >= 15 is 0 Å². The van der Waals surface area contributed by atoms with Crippen LogP contribution in [0.2, 0.25) is 0 Å². The van der Waals surface area contributed by atoms with Gasteiger partial charge in [-0.15, -0.1) is 0 Å². The van der Waals surface area contributed by atoms with Crippen molar-refractivity contribution in [3.63, 3.8) is 0 Å². The van der Waals surface area contributed by atoms with Gasteiger partial charge >= 0.3 is 12.1 Å². The molecule has 0 fully saturated rings. The molecule has 0 aromatic heterocycles. The Morgan fingerprint density at radius 3 is 2.48 bits per heavy atom. The van der Waals surface area contributed by atoms with Crippen LogP contribution in [-0.2, 0) is 20.8 Å². The van der Waals surface area contributed by atoms with Gasteiger partial charge in [-0.2, -0.15) is 0 Å². The summed E-state index contributed by atoms with van der Waals surface area (Å²) in [6, 6.07) is 5.23. The van der Waals surface area contributed by atoms with E-state index in [1.807, 2.05) is 0 Å². The summed E-state index contributed by atoms with van der Waals surface area (Å²) >= 11 is 0. The molecule has 0 spiro atoms. The van der Waals surface area contributed by atoms with Crippen LogP contribution in [0.1, 0.15) is 42.3 Å². The number of rotatable bonds is 5. The standard InChI is InChI=1S/C17H23NO5/c1-17(2,3)23-16(20)18-11-12-6-7-13(8-9-21-4)14(10-12)15(19)22-5/h6-10H,11H2,1-5H3,(H,18,20)/b9-8+. The average molecular weight is 321 g/mol. The van der Waals surface area contributed by atoms with Gasteiger partial charge in [0.15, 0.2) is 0 Å². The Balaban J connectivity index is 2.87. The van der Waals surface area contributed by atoms with Crippen LogP contribution in [-0.4, -0.2) is 31.9 Å². The van der Waals surface area contributed by atoms with Gasteiger partial charge in [-0.1, -0.05) is 12.1 Å². The molecule has 23 heavy (non-hydrogen) atoms. The molecule has 1 aromatic rings. The molecule has 0 unspecified atom stereocenters. The van der Waals surface area contributed by atoms with E-state index in [1.165, 1.54) is 20.5 Å². The predicted octanol–water partition coefficient (Wildman–Crippen LogP) is 3.12. The Hall–Kier alpha value is -2.50. The van der Waals surface area contributed by atoms with Crippen molar-refractivity contribution in [2.24, 2.45) is 0 Å². The molecule has 0 radical (unpaired) electrons. The summed E-state index contributed by atoms with van der Waals surface area (Å²) in [7, 11) is 2.84. The monoisotopic (exact) mass is 321 g/mol. The van der Waals surface area contributed by atoms with Gasteiger partial charge in [0.1, 0.15) is 5.60 Å². The van der Waals surface area contributed by atoms with Gasteiger partial charge < -0.3 is 19.5 Å². The highest BCUT2D eigenvalue weighted by atomic mass is 16.6. The number of carbonyl (C=O) groups is 2. The fourth-order valence-electron chi connectivity index (χ4n) is 1.78. The molecule has 126 valence electrons. The number of methoxy groups -OCH3 is 2. The maximum absolute atomic E-state index is 11.9. The van der Waals surface area contributed by atoms with Crippen molar-refractivity contribution in [3.05, 3.63) is 41.2 Å². The van der Waals surface area contributed by atoms with Gasteiger partial charge in [0.2, 0.25) is 0 Å². The van der Waals surface area contributed by atoms with Crippen molar-refractivity contribution >= 4 is 18.1 Å². The average Bonchev–Trinajstić information content (AvgIpc) is 2.48. The first kappa shape index (κ1) is 18.5. The zero-order valence-electron chi connectivity index (χ0n) is 14.1. The Morgan fingerprint density at radius 2 is 1.91 bits per heavy atom. The highest BCUT2D eigenvalue weighted by molar-refractivity contribution is 5.93. The van der Waals surface area contributed by atoms with Crippen LogP contribution in [0.15, 0.2) is 24.5 Å². The van der Waals surface area contributed by atoms with Gasteiger partial charge in [0.05, 0.1) is 26.0 Å². The van der Waals surface area contributed by atoms with Crippen molar-refractivity contribution in [2.75, 3.05) is 14.2 Å². The van der Waals surface area contributed by atoms with Crippen LogP contribution in [0.4, 0.5) is 4.79 Å². The summed E-state index contributed by atoms with van der Waals surface area (Å²) in [5, 5.41) is 2.65. The minimum atomic E-state index is -0.559. The lowest BCUT2D eigenvalue weighted by molar-refractivity contribution is 0.0523. The zero-order valence-corrected chi connectivity index (χ0v) is 14.1. The van der Waals surface area contributed by atoms with E-state index in [2.05, 4.69) is 5.32 Å². The van der Waals surface area contributed by atoms with Gasteiger partial charge in [0, 0.05) is 6.54 Å². The first-order chi connectivity index (χ1) is 10.8. The molecule has 0 aliphatic rings. The molecule has 1 amide bonds. The van der Waals surface area contributed by atoms with E-state index in [-0.39, 0.29) is 6.54 Å². The van der Waals surface area contributed by atoms with Crippen molar-refractivity contribution < 1.29 is 23.8 Å². The number of nitrogens with one attached hydrogen (secondary N) is 1. The Kier molecular flexibility index (Phi) is 6.63. The summed E-state index contributed by atoms with van der Waals surface area (Å²) in [4.78, 5) is 23.5. The van der Waals surface area contributed by atoms with E-state index in [4.69, 9.17) is 14.2 Å². The molecule has 6 heteroatoms. The molecular formula is C17H23NO5. The number of ether oxygens (including phenoxy) is 3. The second-order valence-corrected chi connectivity index (χ2v) is 5.81. The second kappa shape index (κ2) is 8.22. The quantitative estimate of drug-likeness (QED) is 0.666. The maximum Gasteiger partial charge on any atom is 0.407 e. The van der Waals surface area contributed by atoms with Crippen LogP contribution < -0.4 is 5.32 Å². The van der Waals surface area contributed by atoms with E-state index < -0.39 is 17.7 Å². The van der Waals surface area contributed by atoms with E-state index in [1.54, 1.807) is 45.0 Å². The van der Waals surface area contributed by atoms with Crippen LogP contribution in [0.3, 0.4) is 0 Å². The molecule has 0 aliphatic carbocycles. The number of esters is 1. The largest absolute Gasteiger partial charge is 0.504 e. The number of alkyl carbamates (subject to hydrolysis) is 1. The zero-order chi connectivity index (χ0) is 17.5. The molecule has 0 saturated carbocycles. The van der Waals surface area contributed by atoms with Crippen LogP contribution in [0.5, 0.6) is 0 Å². The first-order valence-corrected chi connectivity index (χ1v) is 7.14. The van der Waals surface area contributed by atoms with E-state index in [0.29, 0.717) is 11.1 Å². The third kappa shape index (κ3) is 6.42. The third-order valence-electron chi connectivity index (χ3n) is 2.74. The smallest absolute Gasteiger partial charge is 0.407 e. The van der Waals surface area contributed by atoms with Crippen LogP contribution >= 0.6 is 0 Å². The lowest BCUT2D eigenvalue weighted by Crippen LogP contribution is -2.32. The summed E-state index contributed by atoms with van der Waals surface area (Å²) < 4.78 is 14.8. The van der Waals surface area contributed by atoms with Crippen molar-refractivity contribution in [3.8, 4) is 0 Å². The lowest BCUT2D eigenvalue weighted by atomic mass is 10.0. The number of amides is 1. The lowest BCUT2D eigenvalue weighted by Gasteiger charge is -2.19. The molecule has 0 heterocycles. The van der Waals surface area contributed by atoms with Gasteiger partial charge in [-0.25, -0.2) is 9.59 Å². The van der Waals surface area contributed by atoms with E-state index in [9.17, 15) is 9.59 Å². The summed E-state index contributed by atoms with van der Waals surface area (Å²) in [6.45, 7) is 5.61. The summed E-state index contributed by atoms with van der Waals surface area (Å²) in [5.74, 6) is -0.458. The minimum Gasteiger partial charge on any atom is -0.504 e. The van der Waals surface area contributed by atoms with Gasteiger partial charge in [-0.3, -0.25) is 0 Å². The van der Waals surface area contributed by atoms with Crippen molar-refractivity contribution in [1.29, 1.82) is 0 Å². The van der Waals surface area contributed by atoms with Crippen molar-refractivity contribution in [1.82, 2.24) is 5.32 Å². The number of hydrogen-bond donors (Lipinski definition) is 1. The molecular weight excluding hydrogens is 298 g/mol. The predicted molar refractivity (Wildman–Crippen MR) is 86.9 cm³/mol. The molecule has 6 nitrogen and oxygen atoms in total. The Morgan fingerprint density at radius 1 is 1.22 bits per heavy atom. The molecule has 0 bridgehead atoms. The van der Waals surface area contributed by atoms with Gasteiger partial charge in [-0.05, 0) is 44.0 Å². The third-order valence-corrected chi connectivity index (χ3v) is 2.74. The first-order valence-electron chi connectivity index (χ1n) is 7.14. The Labute approximate surface area is 136 Å². The summed E-state index contributed by atoms with van der Waals surface area (Å²) in [5.41, 5.74) is 1.26.